The Morgan fingerprint density at radius 2 is 2.00 bits per heavy atom. The maximum absolute atomic E-state index is 10.6. The Balaban J connectivity index is 4.17. The van der Waals surface area contributed by atoms with Gasteiger partial charge in [-0.05, 0) is 3.93 Å². The average molecular weight is 370 g/mol. The van der Waals surface area contributed by atoms with Gasteiger partial charge in [0.25, 0.3) is 0 Å². The van der Waals surface area contributed by atoms with Gasteiger partial charge in [0, 0.05) is 32.3 Å². The van der Waals surface area contributed by atoms with Crippen molar-refractivity contribution in [3.8, 4) is 9.18 Å². The maximum atomic E-state index is 10.6. The van der Waals surface area contributed by atoms with Crippen molar-refractivity contribution >= 4 is 55.0 Å². The fourth-order valence-electron chi connectivity index (χ4n) is 0.211. The molecule has 52 valence electrons. The molecule has 0 aliphatic rings. The van der Waals surface area contributed by atoms with E-state index in [1.54, 1.807) is 22.6 Å². The maximum Gasteiger partial charge on any atom is 0.218 e. The molecule has 0 aromatic carbocycles. The molecule has 0 aromatic rings. The van der Waals surface area contributed by atoms with E-state index in [1.807, 2.05) is 22.6 Å². The zero-order chi connectivity index (χ0) is 7.33. The lowest BCUT2D eigenvalue weighted by Gasteiger charge is -1.86. The van der Waals surface area contributed by atoms with E-state index in [0.29, 0.717) is 4.43 Å². The molecule has 9 heavy (non-hydrogen) atoms. The second kappa shape index (κ2) is 4.73. The van der Waals surface area contributed by atoms with Crippen molar-refractivity contribution in [3.63, 3.8) is 0 Å². The van der Waals surface area contributed by atoms with Gasteiger partial charge in [0.15, 0.2) is 0 Å². The number of sulfone groups is 1. The van der Waals surface area contributed by atoms with Gasteiger partial charge in [0.2, 0.25) is 9.84 Å². The minimum absolute atomic E-state index is 0.156. The molecular formula is C4H4I2O2S. The quantitative estimate of drug-likeness (QED) is 0.416. The van der Waals surface area contributed by atoms with Crippen LogP contribution < -0.4 is 0 Å². The summed E-state index contributed by atoms with van der Waals surface area (Å²) in [5.41, 5.74) is 0. The Labute approximate surface area is 82.0 Å². The van der Waals surface area contributed by atoms with Crippen molar-refractivity contribution in [1.29, 1.82) is 0 Å². The molecule has 0 heterocycles. The summed E-state index contributed by atoms with van der Waals surface area (Å²) in [7, 11) is -3.06. The van der Waals surface area contributed by atoms with E-state index >= 15 is 0 Å². The van der Waals surface area contributed by atoms with Gasteiger partial charge in [-0.15, -0.1) is 0 Å². The van der Waals surface area contributed by atoms with Crippen LogP contribution in [0.15, 0.2) is 0 Å². The van der Waals surface area contributed by atoms with Crippen LogP contribution >= 0.6 is 45.2 Å². The number of hydrogen-bond donors (Lipinski definition) is 0. The van der Waals surface area contributed by atoms with E-state index < -0.39 is 9.84 Å². The van der Waals surface area contributed by atoms with E-state index in [2.05, 4.69) is 9.18 Å². The summed E-state index contributed by atoms with van der Waals surface area (Å²) < 4.78 is 24.2. The Morgan fingerprint density at radius 1 is 1.44 bits per heavy atom. The van der Waals surface area contributed by atoms with Crippen LogP contribution in [0.25, 0.3) is 0 Å². The molecule has 0 aliphatic heterocycles. The Bertz CT molecular complexity index is 221. The highest BCUT2D eigenvalue weighted by atomic mass is 127. The molecule has 0 unspecified atom stereocenters. The molecule has 0 saturated carbocycles. The molecule has 2 nitrogen and oxygen atoms in total. The van der Waals surface area contributed by atoms with Crippen molar-refractivity contribution in [3.05, 3.63) is 0 Å². The van der Waals surface area contributed by atoms with Gasteiger partial charge >= 0.3 is 0 Å². The molecule has 0 N–H and O–H groups in total. The van der Waals surface area contributed by atoms with Crippen LogP contribution in [0.1, 0.15) is 0 Å². The van der Waals surface area contributed by atoms with E-state index in [4.69, 9.17) is 0 Å². The molecule has 0 saturated heterocycles. The lowest BCUT2D eigenvalue weighted by molar-refractivity contribution is 0.608. The Morgan fingerprint density at radius 3 is 2.33 bits per heavy atom. The van der Waals surface area contributed by atoms with Crippen molar-refractivity contribution in [2.75, 3.05) is 10.2 Å². The zero-order valence-electron chi connectivity index (χ0n) is 4.39. The lowest BCUT2D eigenvalue weighted by Crippen LogP contribution is -2.02. The van der Waals surface area contributed by atoms with Gasteiger partial charge < -0.3 is 0 Å². The van der Waals surface area contributed by atoms with Crippen LogP contribution in [0.2, 0.25) is 0 Å². The van der Waals surface area contributed by atoms with Crippen molar-refractivity contribution < 1.29 is 8.42 Å². The fourth-order valence-corrected chi connectivity index (χ4v) is 3.38. The number of hydrogen-bond acceptors (Lipinski definition) is 2. The van der Waals surface area contributed by atoms with Gasteiger partial charge in [-0.1, -0.05) is 22.6 Å². The predicted molar refractivity (Wildman–Crippen MR) is 54.5 cm³/mol. The van der Waals surface area contributed by atoms with Gasteiger partial charge in [-0.3, -0.25) is 0 Å². The second-order valence-electron chi connectivity index (χ2n) is 1.20. The third-order valence-corrected chi connectivity index (χ3v) is 3.60. The van der Waals surface area contributed by atoms with Crippen LogP contribution in [0.4, 0.5) is 0 Å². The first kappa shape index (κ1) is 9.97. The van der Waals surface area contributed by atoms with Gasteiger partial charge in [0.05, 0.1) is 5.75 Å². The standard InChI is InChI=1S/C4H4I2O2S/c5-1-3-9(7,8)4-2-6/h1,3H2. The predicted octanol–water partition coefficient (Wildman–Crippen LogP) is 1.19. The number of rotatable bonds is 2. The minimum Gasteiger partial charge on any atom is -0.215 e. The molecule has 0 spiro atoms. The molecule has 0 atom stereocenters. The Hall–Kier alpha value is 0.970. The highest BCUT2D eigenvalue weighted by Crippen LogP contribution is 1.91. The van der Waals surface area contributed by atoms with E-state index in [0.717, 1.165) is 0 Å². The second-order valence-corrected chi connectivity index (χ2v) is 4.66. The molecular weight excluding hydrogens is 366 g/mol. The molecule has 0 aliphatic carbocycles. The van der Waals surface area contributed by atoms with Crippen molar-refractivity contribution in [2.24, 2.45) is 0 Å². The smallest absolute Gasteiger partial charge is 0.215 e. The highest BCUT2D eigenvalue weighted by Gasteiger charge is 2.02. The molecule has 0 radical (unpaired) electrons. The topological polar surface area (TPSA) is 34.1 Å². The third-order valence-electron chi connectivity index (χ3n) is 0.540. The summed E-state index contributed by atoms with van der Waals surface area (Å²) in [4.78, 5) is 0. The van der Waals surface area contributed by atoms with E-state index in [-0.39, 0.29) is 5.75 Å². The average Bonchev–Trinajstić information content (AvgIpc) is 1.64. The summed E-state index contributed by atoms with van der Waals surface area (Å²) in [6.07, 6.45) is 0. The first-order chi connectivity index (χ1) is 4.12. The molecule has 0 fully saturated rings. The largest absolute Gasteiger partial charge is 0.218 e. The molecule has 0 bridgehead atoms. The van der Waals surface area contributed by atoms with Crippen LogP contribution in [0.5, 0.6) is 0 Å². The summed E-state index contributed by atoms with van der Waals surface area (Å²) in [6.45, 7) is 0. The molecule has 5 heteroatoms. The van der Waals surface area contributed by atoms with Gasteiger partial charge in [-0.2, -0.15) is 0 Å². The van der Waals surface area contributed by atoms with Crippen LogP contribution in [0.3, 0.4) is 0 Å². The number of alkyl halides is 1. The monoisotopic (exact) mass is 370 g/mol. The van der Waals surface area contributed by atoms with E-state index in [1.165, 1.54) is 0 Å². The molecule has 0 rings (SSSR count). The van der Waals surface area contributed by atoms with Crippen LogP contribution in [0, 0.1) is 9.18 Å². The normalized spacial score (nSPS) is 10.0. The summed E-state index contributed by atoms with van der Waals surface area (Å²) in [6, 6.07) is 0. The fraction of sp³-hybridized carbons (Fsp3) is 0.500. The zero-order valence-corrected chi connectivity index (χ0v) is 9.53. The number of halogens is 2. The third kappa shape index (κ3) is 5.42. The molecule has 0 amide bonds. The van der Waals surface area contributed by atoms with Crippen molar-refractivity contribution in [2.45, 2.75) is 0 Å². The highest BCUT2D eigenvalue weighted by molar-refractivity contribution is 14.1. The summed E-state index contributed by atoms with van der Waals surface area (Å²) in [5.74, 6) is 0.156. The van der Waals surface area contributed by atoms with Crippen molar-refractivity contribution in [1.82, 2.24) is 0 Å². The first-order valence-corrected chi connectivity index (χ1v) is 6.29. The van der Waals surface area contributed by atoms with Gasteiger partial charge in [0.1, 0.15) is 0 Å². The minimum atomic E-state index is -3.06. The van der Waals surface area contributed by atoms with Crippen LogP contribution in [-0.4, -0.2) is 18.6 Å². The Kier molecular flexibility index (Phi) is 5.25. The van der Waals surface area contributed by atoms with Gasteiger partial charge in [-0.25, -0.2) is 8.42 Å². The summed E-state index contributed by atoms with van der Waals surface area (Å²) >= 11 is 3.71. The summed E-state index contributed by atoms with van der Waals surface area (Å²) in [5, 5.41) is 2.13. The first-order valence-electron chi connectivity index (χ1n) is 2.03. The molecule has 0 aromatic heterocycles. The SMILES string of the molecule is O=S(=O)(C#CI)CCI. The van der Waals surface area contributed by atoms with E-state index in [9.17, 15) is 8.42 Å². The lowest BCUT2D eigenvalue weighted by atomic mass is 11.0. The van der Waals surface area contributed by atoms with Crippen LogP contribution in [-0.2, 0) is 9.84 Å².